The molecule has 1 aliphatic heterocycles. The van der Waals surface area contributed by atoms with E-state index in [1.807, 2.05) is 0 Å². The van der Waals surface area contributed by atoms with Crippen LogP contribution in [0.1, 0.15) is 46.7 Å². The third kappa shape index (κ3) is 5.26. The highest BCUT2D eigenvalue weighted by Crippen LogP contribution is 2.40. The number of halogens is 2. The van der Waals surface area contributed by atoms with E-state index in [9.17, 15) is 13.6 Å². The van der Waals surface area contributed by atoms with E-state index in [0.29, 0.717) is 17.0 Å². The largest absolute Gasteiger partial charge is 0.486 e. The molecule has 0 bridgehead atoms. The maximum atomic E-state index is 14.8. The van der Waals surface area contributed by atoms with Crippen molar-refractivity contribution in [2.75, 3.05) is 31.3 Å². The Balaban J connectivity index is 1.42. The second kappa shape index (κ2) is 10.4. The van der Waals surface area contributed by atoms with Crippen molar-refractivity contribution < 1.29 is 23.0 Å². The molecular weight excluding hydrogens is 480 g/mol. The molecule has 2 aromatic carbocycles. The van der Waals surface area contributed by atoms with Gasteiger partial charge in [-0.3, -0.25) is 4.79 Å². The molecular formula is C27H29F2N5O3. The number of aromatic nitrogens is 2. The van der Waals surface area contributed by atoms with Crippen LogP contribution in [0, 0.1) is 18.6 Å². The molecule has 1 saturated heterocycles. The number of hydrogen-bond donors (Lipinski definition) is 3. The molecule has 3 aromatic rings. The third-order valence-corrected chi connectivity index (χ3v) is 6.99. The molecule has 10 heteroatoms. The lowest BCUT2D eigenvalue weighted by molar-refractivity contribution is 0.0749. The molecule has 0 spiro atoms. The van der Waals surface area contributed by atoms with E-state index in [0.717, 1.165) is 31.4 Å². The molecule has 5 rings (SSSR count). The first-order valence-electron chi connectivity index (χ1n) is 12.3. The van der Waals surface area contributed by atoms with Gasteiger partial charge in [-0.15, -0.1) is 0 Å². The Morgan fingerprint density at radius 1 is 1.19 bits per heavy atom. The number of benzene rings is 2. The fourth-order valence-electron chi connectivity index (χ4n) is 4.72. The number of rotatable bonds is 8. The average molecular weight is 510 g/mol. The van der Waals surface area contributed by atoms with Crippen LogP contribution in [0.3, 0.4) is 0 Å². The highest BCUT2D eigenvalue weighted by Gasteiger charge is 2.29. The number of nitrogens with two attached hydrogens (primary N) is 1. The summed E-state index contributed by atoms with van der Waals surface area (Å²) in [6, 6.07) is 7.05. The number of ether oxygens (including phenoxy) is 2. The van der Waals surface area contributed by atoms with Gasteiger partial charge < -0.3 is 25.8 Å². The molecule has 2 fully saturated rings. The Kier molecular flexibility index (Phi) is 7.03. The van der Waals surface area contributed by atoms with E-state index in [4.69, 9.17) is 15.2 Å². The first kappa shape index (κ1) is 25.0. The lowest BCUT2D eigenvalue weighted by Crippen LogP contribution is -2.37. The summed E-state index contributed by atoms with van der Waals surface area (Å²) in [4.78, 5) is 21.3. The summed E-state index contributed by atoms with van der Waals surface area (Å²) in [5.74, 6) is -1.22. The van der Waals surface area contributed by atoms with Gasteiger partial charge in [0.1, 0.15) is 30.3 Å². The van der Waals surface area contributed by atoms with E-state index in [2.05, 4.69) is 20.6 Å². The van der Waals surface area contributed by atoms with E-state index in [1.54, 1.807) is 20.1 Å². The van der Waals surface area contributed by atoms with Gasteiger partial charge in [-0.05, 0) is 74.0 Å². The van der Waals surface area contributed by atoms with Crippen LogP contribution in [-0.2, 0) is 4.74 Å². The van der Waals surface area contributed by atoms with Crippen molar-refractivity contribution in [2.24, 2.45) is 0 Å². The minimum absolute atomic E-state index is 0.00855. The molecule has 1 amide bonds. The summed E-state index contributed by atoms with van der Waals surface area (Å²) in [6.45, 7) is 2.76. The first-order valence-corrected chi connectivity index (χ1v) is 12.3. The van der Waals surface area contributed by atoms with Gasteiger partial charge in [0.2, 0.25) is 0 Å². The molecule has 2 aliphatic rings. The monoisotopic (exact) mass is 509 g/mol. The molecule has 194 valence electrons. The van der Waals surface area contributed by atoms with Crippen LogP contribution in [-0.4, -0.2) is 48.3 Å². The Hall–Kier alpha value is -3.63. The van der Waals surface area contributed by atoms with E-state index in [1.165, 1.54) is 30.6 Å². The zero-order valence-corrected chi connectivity index (χ0v) is 20.7. The summed E-state index contributed by atoms with van der Waals surface area (Å²) < 4.78 is 41.0. The minimum atomic E-state index is -0.670. The van der Waals surface area contributed by atoms with Crippen molar-refractivity contribution in [3.63, 3.8) is 0 Å². The van der Waals surface area contributed by atoms with Crippen molar-refractivity contribution in [3.05, 3.63) is 65.0 Å². The highest BCUT2D eigenvalue weighted by molar-refractivity contribution is 6.05. The van der Waals surface area contributed by atoms with Crippen LogP contribution < -0.4 is 21.1 Å². The summed E-state index contributed by atoms with van der Waals surface area (Å²) in [7, 11) is 1.65. The number of hydrogen-bond acceptors (Lipinski definition) is 7. The molecule has 4 N–H and O–H groups in total. The lowest BCUT2D eigenvalue weighted by Gasteiger charge is -2.21. The molecule has 0 radical (unpaired) electrons. The van der Waals surface area contributed by atoms with Gasteiger partial charge in [0.25, 0.3) is 5.91 Å². The van der Waals surface area contributed by atoms with Gasteiger partial charge in [0.15, 0.2) is 11.6 Å². The molecule has 0 unspecified atom stereocenters. The Morgan fingerprint density at radius 3 is 2.73 bits per heavy atom. The average Bonchev–Trinajstić information content (AvgIpc) is 3.63. The maximum Gasteiger partial charge on any atom is 0.258 e. The molecule has 8 nitrogen and oxygen atoms in total. The number of nitrogens with zero attached hydrogens (tertiary/aromatic N) is 2. The van der Waals surface area contributed by atoms with Crippen LogP contribution in [0.2, 0.25) is 0 Å². The summed E-state index contributed by atoms with van der Waals surface area (Å²) in [6.07, 6.45) is 4.17. The minimum Gasteiger partial charge on any atom is -0.486 e. The second-order valence-electron chi connectivity index (χ2n) is 9.46. The number of carbonyl (C=O) groups is 1. The second-order valence-corrected chi connectivity index (χ2v) is 9.46. The fourth-order valence-corrected chi connectivity index (χ4v) is 4.72. The smallest absolute Gasteiger partial charge is 0.258 e. The van der Waals surface area contributed by atoms with Crippen LogP contribution in [0.15, 0.2) is 36.7 Å². The SMILES string of the molecule is CO[C@H]1CCN[C@@H]1COc1c(N)ncnc1-c1cc(F)cc(NC(=O)c2ccc(C3CC3)cc2F)c1C. The molecule has 2 heterocycles. The number of nitrogens with one attached hydrogen (secondary N) is 2. The molecule has 1 aromatic heterocycles. The van der Waals surface area contributed by atoms with Crippen molar-refractivity contribution in [2.45, 2.75) is 44.2 Å². The number of methoxy groups -OCH3 is 1. The van der Waals surface area contributed by atoms with E-state index < -0.39 is 17.5 Å². The third-order valence-electron chi connectivity index (χ3n) is 6.99. The number of carbonyl (C=O) groups excluding carboxylic acids is 1. The van der Waals surface area contributed by atoms with E-state index in [-0.39, 0.29) is 47.3 Å². The lowest BCUT2D eigenvalue weighted by atomic mass is 10.0. The molecule has 2 atom stereocenters. The normalized spacial score (nSPS) is 19.1. The van der Waals surface area contributed by atoms with E-state index >= 15 is 0 Å². The van der Waals surface area contributed by atoms with Crippen molar-refractivity contribution in [3.8, 4) is 17.0 Å². The Labute approximate surface area is 213 Å². The van der Waals surface area contributed by atoms with Crippen LogP contribution in [0.4, 0.5) is 20.3 Å². The van der Waals surface area contributed by atoms with Crippen molar-refractivity contribution in [1.29, 1.82) is 0 Å². The number of anilines is 2. The first-order chi connectivity index (χ1) is 17.9. The highest BCUT2D eigenvalue weighted by atomic mass is 19.1. The van der Waals surface area contributed by atoms with Gasteiger partial charge in [-0.2, -0.15) is 0 Å². The quantitative estimate of drug-likeness (QED) is 0.417. The predicted molar refractivity (Wildman–Crippen MR) is 136 cm³/mol. The van der Waals surface area contributed by atoms with Gasteiger partial charge in [-0.1, -0.05) is 6.07 Å². The van der Waals surface area contributed by atoms with Crippen LogP contribution in [0.5, 0.6) is 5.75 Å². The zero-order chi connectivity index (χ0) is 26.1. The zero-order valence-electron chi connectivity index (χ0n) is 20.7. The van der Waals surface area contributed by atoms with Gasteiger partial charge in [-0.25, -0.2) is 18.7 Å². The standard InChI is InChI=1S/C27H29F2N5O3/c1-14-19(24-25(26(30)33-13-32-24)37-12-22-23(36-2)7-8-31-22)10-17(28)11-21(14)34-27(35)18-6-5-16(9-20(18)29)15-3-4-15/h5-6,9-11,13,15,22-23,31H,3-4,7-8,12H2,1-2H3,(H,34,35)(H2,30,32,33)/t22-,23+/m1/s1. The van der Waals surface area contributed by atoms with Gasteiger partial charge in [0, 0.05) is 18.4 Å². The van der Waals surface area contributed by atoms with Crippen LogP contribution in [0.25, 0.3) is 11.3 Å². The Morgan fingerprint density at radius 2 is 2.00 bits per heavy atom. The Bertz CT molecular complexity index is 1330. The summed E-state index contributed by atoms with van der Waals surface area (Å²) >= 11 is 0. The van der Waals surface area contributed by atoms with Crippen LogP contribution >= 0.6 is 0 Å². The van der Waals surface area contributed by atoms with Gasteiger partial charge in [0.05, 0.1) is 17.7 Å². The van der Waals surface area contributed by atoms with Gasteiger partial charge >= 0.3 is 0 Å². The molecule has 1 aliphatic carbocycles. The molecule has 1 saturated carbocycles. The number of nitrogen functional groups attached to an aromatic ring is 1. The fraction of sp³-hybridized carbons (Fsp3) is 0.370. The molecule has 37 heavy (non-hydrogen) atoms. The van der Waals surface area contributed by atoms with Crippen molar-refractivity contribution in [1.82, 2.24) is 15.3 Å². The topological polar surface area (TPSA) is 111 Å². The summed E-state index contributed by atoms with van der Waals surface area (Å²) in [5, 5.41) is 5.97. The maximum absolute atomic E-state index is 14.8. The summed E-state index contributed by atoms with van der Waals surface area (Å²) in [5.41, 5.74) is 8.24. The van der Waals surface area contributed by atoms with Crippen molar-refractivity contribution >= 4 is 17.4 Å². The predicted octanol–water partition coefficient (Wildman–Crippen LogP) is 4.20. The number of amides is 1.